The summed E-state index contributed by atoms with van der Waals surface area (Å²) in [5, 5.41) is 18.1. The fraction of sp³-hybridized carbons (Fsp3) is 0.519. The molecule has 1 heterocycles. The van der Waals surface area contributed by atoms with Crippen molar-refractivity contribution in [2.24, 2.45) is 23.1 Å². The molecule has 11 N–H and O–H groups in total. The van der Waals surface area contributed by atoms with Gasteiger partial charge in [-0.25, -0.2) is 4.79 Å². The van der Waals surface area contributed by atoms with Crippen molar-refractivity contribution in [3.63, 3.8) is 0 Å². The second-order valence-electron chi connectivity index (χ2n) is 10.3. The number of nitrogens with one attached hydrogen (secondary N) is 4. The number of hydrogen-bond acceptors (Lipinski definition) is 7. The summed E-state index contributed by atoms with van der Waals surface area (Å²) in [6.07, 6.45) is 2.76. The summed E-state index contributed by atoms with van der Waals surface area (Å²) in [6.45, 7) is 4.21. The molecule has 0 spiro atoms. The second-order valence-corrected chi connectivity index (χ2v) is 10.3. The van der Waals surface area contributed by atoms with Crippen LogP contribution in [-0.2, 0) is 30.4 Å². The van der Waals surface area contributed by atoms with Crippen LogP contribution in [0.5, 0.6) is 0 Å². The van der Waals surface area contributed by atoms with Crippen molar-refractivity contribution < 1.29 is 29.1 Å². The molecule has 1 aromatic heterocycles. The van der Waals surface area contributed by atoms with E-state index in [2.05, 4.69) is 20.9 Å². The monoisotopic (exact) mass is 559 g/mol. The third-order valence-electron chi connectivity index (χ3n) is 6.39. The first kappa shape index (κ1) is 32.2. The third-order valence-corrected chi connectivity index (χ3v) is 6.39. The number of fused-ring (bicyclic) bond motifs is 1. The lowest BCUT2D eigenvalue weighted by atomic mass is 10.0. The van der Waals surface area contributed by atoms with Gasteiger partial charge in [0.25, 0.3) is 0 Å². The highest BCUT2D eigenvalue weighted by molar-refractivity contribution is 5.96. The van der Waals surface area contributed by atoms with Gasteiger partial charge in [0.15, 0.2) is 0 Å². The molecule has 2 aromatic rings. The van der Waals surface area contributed by atoms with Gasteiger partial charge in [0.2, 0.25) is 23.6 Å². The molecule has 40 heavy (non-hydrogen) atoms. The highest BCUT2D eigenvalue weighted by Crippen LogP contribution is 2.19. The summed E-state index contributed by atoms with van der Waals surface area (Å²) in [4.78, 5) is 65.7. The number of aromatic amines is 1. The fourth-order valence-electron chi connectivity index (χ4n) is 4.33. The zero-order valence-corrected chi connectivity index (χ0v) is 22.9. The van der Waals surface area contributed by atoms with Crippen LogP contribution in [0.4, 0.5) is 0 Å². The molecule has 2 rings (SSSR count). The summed E-state index contributed by atoms with van der Waals surface area (Å²) in [7, 11) is 0. The van der Waals surface area contributed by atoms with Crippen molar-refractivity contribution >= 4 is 40.5 Å². The van der Waals surface area contributed by atoms with Crippen LogP contribution < -0.4 is 33.2 Å². The lowest BCUT2D eigenvalue weighted by Crippen LogP contribution is -2.58. The minimum atomic E-state index is -1.46. The predicted octanol–water partition coefficient (Wildman–Crippen LogP) is -0.373. The van der Waals surface area contributed by atoms with Crippen molar-refractivity contribution in [1.29, 1.82) is 0 Å². The Labute approximate surface area is 233 Å². The van der Waals surface area contributed by atoms with Gasteiger partial charge >= 0.3 is 5.97 Å². The lowest BCUT2D eigenvalue weighted by molar-refractivity contribution is -0.142. The number of carboxylic acids is 1. The fourth-order valence-corrected chi connectivity index (χ4v) is 4.33. The number of aromatic nitrogens is 1. The average Bonchev–Trinajstić information content (AvgIpc) is 3.29. The molecule has 0 fully saturated rings. The molecule has 0 radical (unpaired) electrons. The number of unbranched alkanes of at least 4 members (excludes halogenated alkanes) is 1. The summed E-state index contributed by atoms with van der Waals surface area (Å²) in [5.41, 5.74) is 18.3. The molecule has 13 heteroatoms. The number of rotatable bonds is 17. The normalized spacial score (nSPS) is 14.2. The molecule has 0 aliphatic carbocycles. The smallest absolute Gasteiger partial charge is 0.326 e. The van der Waals surface area contributed by atoms with Gasteiger partial charge in [-0.3, -0.25) is 19.2 Å². The van der Waals surface area contributed by atoms with Crippen molar-refractivity contribution in [3.05, 3.63) is 36.0 Å². The van der Waals surface area contributed by atoms with E-state index in [-0.39, 0.29) is 18.8 Å². The number of benzene rings is 1. The van der Waals surface area contributed by atoms with Crippen molar-refractivity contribution in [2.75, 3.05) is 6.54 Å². The van der Waals surface area contributed by atoms with Crippen LogP contribution >= 0.6 is 0 Å². The number of amides is 4. The number of aliphatic carboxylic acids is 1. The molecule has 4 amide bonds. The van der Waals surface area contributed by atoms with Crippen molar-refractivity contribution in [1.82, 2.24) is 20.9 Å². The van der Waals surface area contributed by atoms with Crippen molar-refractivity contribution in [2.45, 2.75) is 76.5 Å². The molecule has 4 atom stereocenters. The van der Waals surface area contributed by atoms with Crippen LogP contribution in [0.3, 0.4) is 0 Å². The molecule has 1 aromatic carbocycles. The van der Waals surface area contributed by atoms with Crippen LogP contribution in [0.2, 0.25) is 0 Å². The molecule has 0 bridgehead atoms. The highest BCUT2D eigenvalue weighted by atomic mass is 16.4. The van der Waals surface area contributed by atoms with E-state index in [9.17, 15) is 29.1 Å². The van der Waals surface area contributed by atoms with Gasteiger partial charge in [-0.05, 0) is 49.8 Å². The molecular weight excluding hydrogens is 518 g/mol. The van der Waals surface area contributed by atoms with E-state index in [4.69, 9.17) is 17.2 Å². The van der Waals surface area contributed by atoms with Gasteiger partial charge in [-0.2, -0.15) is 0 Å². The van der Waals surface area contributed by atoms with E-state index in [0.717, 1.165) is 10.9 Å². The first-order chi connectivity index (χ1) is 18.9. The van der Waals surface area contributed by atoms with Crippen LogP contribution in [0.15, 0.2) is 30.5 Å². The maximum absolute atomic E-state index is 13.2. The van der Waals surface area contributed by atoms with E-state index in [1.54, 1.807) is 6.20 Å². The molecule has 0 saturated carbocycles. The average molecular weight is 560 g/mol. The molecule has 4 unspecified atom stereocenters. The largest absolute Gasteiger partial charge is 0.480 e. The van der Waals surface area contributed by atoms with E-state index in [1.807, 2.05) is 38.1 Å². The molecule has 0 aliphatic rings. The Balaban J connectivity index is 2.17. The third kappa shape index (κ3) is 9.97. The Morgan fingerprint density at radius 3 is 2.17 bits per heavy atom. The van der Waals surface area contributed by atoms with Gasteiger partial charge < -0.3 is 43.2 Å². The number of carbonyl (C=O) groups is 5. The number of carbonyl (C=O) groups excluding carboxylic acids is 4. The SMILES string of the molecule is CC(C)CC(N)C(=O)NC(CCCCN)C(=O)NC(CC(N)=O)C(=O)NC(Cc1c[nH]c2ccccc12)C(=O)O. The number of nitrogens with two attached hydrogens (primary N) is 3. The Morgan fingerprint density at radius 1 is 0.925 bits per heavy atom. The van der Waals surface area contributed by atoms with E-state index in [1.165, 1.54) is 0 Å². The van der Waals surface area contributed by atoms with Crippen LogP contribution in [-0.4, -0.2) is 70.4 Å². The highest BCUT2D eigenvalue weighted by Gasteiger charge is 2.31. The molecular formula is C27H41N7O6. The zero-order valence-electron chi connectivity index (χ0n) is 22.9. The quantitative estimate of drug-likeness (QED) is 0.119. The molecule has 220 valence electrons. The van der Waals surface area contributed by atoms with Gasteiger partial charge in [-0.15, -0.1) is 0 Å². The maximum Gasteiger partial charge on any atom is 0.326 e. The minimum Gasteiger partial charge on any atom is -0.480 e. The Hall–Kier alpha value is -3.97. The Bertz CT molecular complexity index is 1180. The topological polar surface area (TPSA) is 236 Å². The number of primary amides is 1. The van der Waals surface area contributed by atoms with E-state index < -0.39 is 60.2 Å². The number of para-hydroxylation sites is 1. The lowest BCUT2D eigenvalue weighted by Gasteiger charge is -2.25. The van der Waals surface area contributed by atoms with E-state index >= 15 is 0 Å². The van der Waals surface area contributed by atoms with Gasteiger partial charge in [0, 0.05) is 23.5 Å². The molecule has 0 aliphatic heterocycles. The summed E-state index contributed by atoms with van der Waals surface area (Å²) >= 11 is 0. The standard InChI is InChI=1S/C27H41N7O6/c1-15(2)11-18(29)24(36)32-20(9-5-6-10-28)25(37)33-21(13-23(30)35)26(38)34-22(27(39)40)12-16-14-31-19-8-4-3-7-17(16)19/h3-4,7-8,14-15,18,20-22,31H,5-6,9-13,28-29H2,1-2H3,(H2,30,35)(H,32,36)(H,33,37)(H,34,38)(H,39,40). The number of carboxylic acid groups (broad SMARTS) is 1. The predicted molar refractivity (Wildman–Crippen MR) is 150 cm³/mol. The minimum absolute atomic E-state index is 0.0478. The van der Waals surface area contributed by atoms with Crippen LogP contribution in [0.25, 0.3) is 10.9 Å². The Kier molecular flexibility index (Phi) is 12.6. The van der Waals surface area contributed by atoms with Crippen LogP contribution in [0.1, 0.15) is 51.5 Å². The van der Waals surface area contributed by atoms with Crippen molar-refractivity contribution in [3.8, 4) is 0 Å². The second kappa shape index (κ2) is 15.6. The molecule has 0 saturated heterocycles. The van der Waals surface area contributed by atoms with Gasteiger partial charge in [-0.1, -0.05) is 32.0 Å². The maximum atomic E-state index is 13.2. The van der Waals surface area contributed by atoms with Gasteiger partial charge in [0.05, 0.1) is 12.5 Å². The summed E-state index contributed by atoms with van der Waals surface area (Å²) in [6, 6.07) is 2.59. The van der Waals surface area contributed by atoms with E-state index in [0.29, 0.717) is 31.4 Å². The first-order valence-electron chi connectivity index (χ1n) is 13.4. The Morgan fingerprint density at radius 2 is 1.55 bits per heavy atom. The first-order valence-corrected chi connectivity index (χ1v) is 13.4. The zero-order chi connectivity index (χ0) is 29.8. The van der Waals surface area contributed by atoms with Crippen LogP contribution in [0, 0.1) is 5.92 Å². The summed E-state index contributed by atoms with van der Waals surface area (Å²) in [5.74, 6) is -4.18. The van der Waals surface area contributed by atoms with Gasteiger partial charge in [0.1, 0.15) is 18.1 Å². The number of H-pyrrole nitrogens is 1. The summed E-state index contributed by atoms with van der Waals surface area (Å²) < 4.78 is 0. The number of hydrogen-bond donors (Lipinski definition) is 8. The molecule has 13 nitrogen and oxygen atoms in total.